The molecule has 3 rings (SSSR count). The number of carbonyl (C=O) groups excluding carboxylic acids is 2. The predicted octanol–water partition coefficient (Wildman–Crippen LogP) is 4.04. The van der Waals surface area contributed by atoms with Crippen molar-refractivity contribution < 1.29 is 14.3 Å². The Bertz CT molecular complexity index is 912. The molecule has 1 aliphatic carbocycles. The van der Waals surface area contributed by atoms with Crippen molar-refractivity contribution in [3.63, 3.8) is 0 Å². The van der Waals surface area contributed by atoms with Crippen molar-refractivity contribution in [1.29, 1.82) is 0 Å². The quantitative estimate of drug-likeness (QED) is 0.653. The molecule has 2 aromatic rings. The molecular formula is C23H28ClN3O3. The summed E-state index contributed by atoms with van der Waals surface area (Å²) in [6.45, 7) is 1.25. The first kappa shape index (κ1) is 22.1. The Morgan fingerprint density at radius 1 is 1.17 bits per heavy atom. The second-order valence-corrected chi connectivity index (χ2v) is 8.23. The molecule has 0 heterocycles. The molecule has 0 radical (unpaired) electrons. The lowest BCUT2D eigenvalue weighted by atomic mass is 10.1. The molecule has 0 atom stereocenters. The predicted molar refractivity (Wildman–Crippen MR) is 120 cm³/mol. The van der Waals surface area contributed by atoms with E-state index >= 15 is 0 Å². The number of amides is 2. The zero-order valence-corrected chi connectivity index (χ0v) is 18.4. The average Bonchev–Trinajstić information content (AvgIpc) is 3.52. The molecule has 2 amide bonds. The number of anilines is 2. The molecule has 0 bridgehead atoms. The van der Waals surface area contributed by atoms with Crippen molar-refractivity contribution in [2.45, 2.75) is 19.4 Å². The summed E-state index contributed by atoms with van der Waals surface area (Å²) in [4.78, 5) is 29.1. The Balaban J connectivity index is 1.83. The van der Waals surface area contributed by atoms with Crippen LogP contribution in [0.1, 0.15) is 28.8 Å². The third-order valence-electron chi connectivity index (χ3n) is 5.09. The molecule has 1 saturated carbocycles. The number of nitrogens with zero attached hydrogens (tertiary/aromatic N) is 2. The molecule has 1 N–H and O–H groups in total. The fraction of sp³-hybridized carbons (Fsp3) is 0.391. The first-order chi connectivity index (χ1) is 14.4. The van der Waals surface area contributed by atoms with Crippen molar-refractivity contribution in [1.82, 2.24) is 4.90 Å². The van der Waals surface area contributed by atoms with Gasteiger partial charge < -0.3 is 19.9 Å². The van der Waals surface area contributed by atoms with Gasteiger partial charge in [-0.05, 0) is 54.7 Å². The van der Waals surface area contributed by atoms with Crippen LogP contribution in [0.25, 0.3) is 0 Å². The lowest BCUT2D eigenvalue weighted by Gasteiger charge is -2.26. The van der Waals surface area contributed by atoms with E-state index in [2.05, 4.69) is 5.32 Å². The number of nitrogens with one attached hydrogen (secondary N) is 1. The van der Waals surface area contributed by atoms with Crippen molar-refractivity contribution in [2.75, 3.05) is 44.6 Å². The third kappa shape index (κ3) is 5.74. The van der Waals surface area contributed by atoms with Crippen LogP contribution in [0, 0.1) is 5.92 Å². The molecule has 2 aromatic carbocycles. The fourth-order valence-corrected chi connectivity index (χ4v) is 3.58. The van der Waals surface area contributed by atoms with E-state index in [1.54, 1.807) is 24.3 Å². The molecule has 0 saturated heterocycles. The zero-order chi connectivity index (χ0) is 21.7. The van der Waals surface area contributed by atoms with Gasteiger partial charge in [-0.25, -0.2) is 0 Å². The Hall–Kier alpha value is -2.57. The first-order valence-electron chi connectivity index (χ1n) is 10.0. The van der Waals surface area contributed by atoms with Gasteiger partial charge in [-0.3, -0.25) is 9.59 Å². The van der Waals surface area contributed by atoms with Crippen molar-refractivity contribution in [3.05, 3.63) is 58.6 Å². The fourth-order valence-electron chi connectivity index (χ4n) is 3.36. The van der Waals surface area contributed by atoms with Crippen LogP contribution >= 0.6 is 11.6 Å². The summed E-state index contributed by atoms with van der Waals surface area (Å²) in [5, 5.41) is 3.32. The number of ether oxygens (including phenoxy) is 1. The highest BCUT2D eigenvalue weighted by Gasteiger charge is 2.27. The highest BCUT2D eigenvalue weighted by atomic mass is 35.5. The van der Waals surface area contributed by atoms with Crippen LogP contribution in [0.3, 0.4) is 0 Å². The van der Waals surface area contributed by atoms with E-state index in [1.165, 1.54) is 7.11 Å². The van der Waals surface area contributed by atoms with E-state index in [9.17, 15) is 9.59 Å². The maximum absolute atomic E-state index is 12.6. The van der Waals surface area contributed by atoms with Crippen LogP contribution in [-0.2, 0) is 16.1 Å². The van der Waals surface area contributed by atoms with Gasteiger partial charge in [0.05, 0.1) is 10.6 Å². The maximum Gasteiger partial charge on any atom is 0.257 e. The van der Waals surface area contributed by atoms with E-state index in [4.69, 9.17) is 16.3 Å². The highest BCUT2D eigenvalue weighted by molar-refractivity contribution is 6.34. The number of benzene rings is 2. The lowest BCUT2D eigenvalue weighted by molar-refractivity contribution is -0.136. The van der Waals surface area contributed by atoms with Gasteiger partial charge in [-0.15, -0.1) is 0 Å². The standard InChI is InChI=1S/C23H28ClN3O3/c1-26(2)21-11-10-18(25-23(29)19-6-4-5-7-20(19)24)12-17(21)14-27(13-16-8-9-16)22(28)15-30-3/h4-7,10-12,16H,8-9,13-15H2,1-3H3,(H,25,29). The van der Waals surface area contributed by atoms with E-state index in [0.29, 0.717) is 28.7 Å². The number of rotatable bonds is 9. The van der Waals surface area contributed by atoms with Crippen LogP contribution in [0.15, 0.2) is 42.5 Å². The van der Waals surface area contributed by atoms with Crippen LogP contribution in [0.4, 0.5) is 11.4 Å². The molecular weight excluding hydrogens is 402 g/mol. The Kier molecular flexibility index (Phi) is 7.34. The number of hydrogen-bond donors (Lipinski definition) is 1. The molecule has 0 aliphatic heterocycles. The second-order valence-electron chi connectivity index (χ2n) is 7.82. The normalized spacial score (nSPS) is 13.1. The van der Waals surface area contributed by atoms with Crippen LogP contribution in [0.5, 0.6) is 0 Å². The van der Waals surface area contributed by atoms with Gasteiger partial charge in [0.2, 0.25) is 5.91 Å². The van der Waals surface area contributed by atoms with Crippen LogP contribution in [0.2, 0.25) is 5.02 Å². The average molecular weight is 430 g/mol. The van der Waals surface area contributed by atoms with Gasteiger partial charge in [-0.2, -0.15) is 0 Å². The molecule has 30 heavy (non-hydrogen) atoms. The van der Waals surface area contributed by atoms with Gasteiger partial charge in [-0.1, -0.05) is 23.7 Å². The van der Waals surface area contributed by atoms with E-state index in [0.717, 1.165) is 30.6 Å². The second kappa shape index (κ2) is 9.96. The molecule has 0 spiro atoms. The summed E-state index contributed by atoms with van der Waals surface area (Å²) in [7, 11) is 5.45. The van der Waals surface area contributed by atoms with E-state index in [-0.39, 0.29) is 18.4 Å². The smallest absolute Gasteiger partial charge is 0.257 e. The number of halogens is 1. The van der Waals surface area contributed by atoms with Gasteiger partial charge >= 0.3 is 0 Å². The molecule has 6 nitrogen and oxygen atoms in total. The van der Waals surface area contributed by atoms with Crippen molar-refractivity contribution >= 4 is 34.8 Å². The summed E-state index contributed by atoms with van der Waals surface area (Å²) in [5.41, 5.74) is 3.04. The lowest BCUT2D eigenvalue weighted by Crippen LogP contribution is -2.35. The highest BCUT2D eigenvalue weighted by Crippen LogP contribution is 2.31. The van der Waals surface area contributed by atoms with E-state index in [1.807, 2.05) is 42.1 Å². The first-order valence-corrected chi connectivity index (χ1v) is 10.4. The van der Waals surface area contributed by atoms with E-state index < -0.39 is 0 Å². The van der Waals surface area contributed by atoms with Gasteiger partial charge in [0, 0.05) is 45.7 Å². The minimum Gasteiger partial charge on any atom is -0.377 e. The molecule has 0 aromatic heterocycles. The van der Waals surface area contributed by atoms with Crippen LogP contribution < -0.4 is 10.2 Å². The molecule has 160 valence electrons. The summed E-state index contributed by atoms with van der Waals surface area (Å²) < 4.78 is 5.07. The largest absolute Gasteiger partial charge is 0.377 e. The summed E-state index contributed by atoms with van der Waals surface area (Å²) in [6, 6.07) is 12.7. The Labute approximate surface area is 182 Å². The van der Waals surface area contributed by atoms with Gasteiger partial charge in [0.15, 0.2) is 0 Å². The third-order valence-corrected chi connectivity index (χ3v) is 5.42. The Morgan fingerprint density at radius 2 is 1.90 bits per heavy atom. The summed E-state index contributed by atoms with van der Waals surface area (Å²) in [5.74, 6) is 0.269. The molecule has 1 aliphatic rings. The van der Waals surface area contributed by atoms with Crippen LogP contribution in [-0.4, -0.2) is 51.1 Å². The molecule has 7 heteroatoms. The van der Waals surface area contributed by atoms with Gasteiger partial charge in [0.1, 0.15) is 6.61 Å². The number of hydrogen-bond acceptors (Lipinski definition) is 4. The SMILES string of the molecule is COCC(=O)N(Cc1cc(NC(=O)c2ccccc2Cl)ccc1N(C)C)CC1CC1. The van der Waals surface area contributed by atoms with Gasteiger partial charge in [0.25, 0.3) is 5.91 Å². The summed E-state index contributed by atoms with van der Waals surface area (Å²) in [6.07, 6.45) is 2.32. The minimum absolute atomic E-state index is 0.0281. The Morgan fingerprint density at radius 3 is 2.53 bits per heavy atom. The maximum atomic E-state index is 12.6. The molecule has 1 fully saturated rings. The number of methoxy groups -OCH3 is 1. The zero-order valence-electron chi connectivity index (χ0n) is 17.7. The summed E-state index contributed by atoms with van der Waals surface area (Å²) >= 11 is 6.15. The molecule has 0 unspecified atom stereocenters. The monoisotopic (exact) mass is 429 g/mol. The van der Waals surface area contributed by atoms with Crippen molar-refractivity contribution in [3.8, 4) is 0 Å². The van der Waals surface area contributed by atoms with Crippen molar-refractivity contribution in [2.24, 2.45) is 5.92 Å². The topological polar surface area (TPSA) is 61.9 Å². The minimum atomic E-state index is -0.269. The number of carbonyl (C=O) groups is 2.